The van der Waals surface area contributed by atoms with Crippen molar-refractivity contribution in [3.8, 4) is 0 Å². The van der Waals surface area contributed by atoms with Crippen LogP contribution >= 0.6 is 0 Å². The van der Waals surface area contributed by atoms with Gasteiger partial charge in [0.2, 0.25) is 0 Å². The molecule has 0 heterocycles. The lowest BCUT2D eigenvalue weighted by molar-refractivity contribution is 0.129. The molecule has 0 aromatic carbocycles. The smallest absolute Gasteiger partial charge is 0.0105 e. The molecule has 0 aromatic rings. The molecule has 3 unspecified atom stereocenters. The predicted molar refractivity (Wildman–Crippen MR) is 94.8 cm³/mol. The first-order valence-corrected chi connectivity index (χ1v) is 9.57. The van der Waals surface area contributed by atoms with Gasteiger partial charge < -0.3 is 10.2 Å². The number of hydrogen-bond acceptors (Lipinski definition) is 2. The normalized spacial score (nSPS) is 26.7. The molecule has 0 spiro atoms. The minimum absolute atomic E-state index is 0.744. The average molecular weight is 297 g/mol. The Hall–Kier alpha value is -0.0800. The van der Waals surface area contributed by atoms with Crippen LogP contribution in [0.25, 0.3) is 0 Å². The van der Waals surface area contributed by atoms with Gasteiger partial charge in [-0.25, -0.2) is 0 Å². The van der Waals surface area contributed by atoms with Crippen LogP contribution in [0.2, 0.25) is 0 Å². The fourth-order valence-electron chi connectivity index (χ4n) is 4.19. The van der Waals surface area contributed by atoms with Crippen LogP contribution in [0.4, 0.5) is 0 Å². The Morgan fingerprint density at radius 2 is 1.81 bits per heavy atom. The summed E-state index contributed by atoms with van der Waals surface area (Å²) in [4.78, 5) is 2.72. The highest BCUT2D eigenvalue weighted by atomic mass is 15.1. The molecule has 1 N–H and O–H groups in total. The van der Waals surface area contributed by atoms with E-state index in [1.54, 1.807) is 0 Å². The molecule has 0 aromatic heterocycles. The fraction of sp³-hybridized carbons (Fsp3) is 1.00. The molecular weight excluding hydrogens is 256 g/mol. The minimum Gasteiger partial charge on any atom is -0.317 e. The van der Waals surface area contributed by atoms with E-state index in [0.717, 1.165) is 23.8 Å². The lowest BCUT2D eigenvalue weighted by atomic mass is 9.76. The van der Waals surface area contributed by atoms with E-state index in [0.29, 0.717) is 0 Å². The van der Waals surface area contributed by atoms with Crippen LogP contribution in [0.5, 0.6) is 0 Å². The molecule has 0 amide bonds. The van der Waals surface area contributed by atoms with Gasteiger partial charge in [-0.1, -0.05) is 53.4 Å². The van der Waals surface area contributed by atoms with Gasteiger partial charge in [0.25, 0.3) is 0 Å². The number of nitrogens with one attached hydrogen (secondary N) is 1. The van der Waals surface area contributed by atoms with Crippen molar-refractivity contribution in [3.05, 3.63) is 0 Å². The van der Waals surface area contributed by atoms with Crippen LogP contribution in [0, 0.1) is 17.8 Å². The van der Waals surface area contributed by atoms with E-state index >= 15 is 0 Å². The lowest BCUT2D eigenvalue weighted by Crippen LogP contribution is -2.45. The van der Waals surface area contributed by atoms with Gasteiger partial charge in [-0.05, 0) is 50.6 Å². The molecule has 0 aliphatic heterocycles. The van der Waals surface area contributed by atoms with Crippen molar-refractivity contribution in [2.45, 2.75) is 78.7 Å². The first-order valence-electron chi connectivity index (χ1n) is 9.57. The van der Waals surface area contributed by atoms with Gasteiger partial charge in [0.1, 0.15) is 0 Å². The van der Waals surface area contributed by atoms with Crippen LogP contribution in [-0.4, -0.2) is 37.6 Å². The maximum Gasteiger partial charge on any atom is 0.0105 e. The second-order valence-electron chi connectivity index (χ2n) is 7.16. The van der Waals surface area contributed by atoms with Crippen LogP contribution in [0.15, 0.2) is 0 Å². The Morgan fingerprint density at radius 3 is 2.33 bits per heavy atom. The van der Waals surface area contributed by atoms with E-state index in [9.17, 15) is 0 Å². The van der Waals surface area contributed by atoms with Crippen molar-refractivity contribution >= 4 is 0 Å². The third-order valence-electron chi connectivity index (χ3n) is 5.77. The highest BCUT2D eigenvalue weighted by Crippen LogP contribution is 2.32. The van der Waals surface area contributed by atoms with Gasteiger partial charge in [0, 0.05) is 19.1 Å². The predicted octanol–water partition coefficient (Wildman–Crippen LogP) is 4.55. The summed E-state index contributed by atoms with van der Waals surface area (Å²) in [5.41, 5.74) is 0. The number of hydrogen-bond donors (Lipinski definition) is 1. The van der Waals surface area contributed by atoms with Crippen LogP contribution in [0.3, 0.4) is 0 Å². The van der Waals surface area contributed by atoms with Gasteiger partial charge in [-0.2, -0.15) is 0 Å². The Labute approximate surface area is 134 Å². The summed E-state index contributed by atoms with van der Waals surface area (Å²) in [6.07, 6.45) is 9.71. The standard InChI is InChI=1S/C19H40N2/c1-6-10-17-11-12-19(20-5)18(13-17)15-21(9-4)14-16(7-2)8-3/h16-20H,6-15H2,1-5H3. The van der Waals surface area contributed by atoms with Crippen molar-refractivity contribution in [3.63, 3.8) is 0 Å². The minimum atomic E-state index is 0.744. The average Bonchev–Trinajstić information content (AvgIpc) is 2.52. The van der Waals surface area contributed by atoms with E-state index < -0.39 is 0 Å². The monoisotopic (exact) mass is 296 g/mol. The zero-order valence-electron chi connectivity index (χ0n) is 15.3. The molecule has 1 fully saturated rings. The van der Waals surface area contributed by atoms with Gasteiger partial charge >= 0.3 is 0 Å². The summed E-state index contributed by atoms with van der Waals surface area (Å²) in [5.74, 6) is 2.72. The molecule has 21 heavy (non-hydrogen) atoms. The Kier molecular flexibility index (Phi) is 9.59. The highest BCUT2D eigenvalue weighted by molar-refractivity contribution is 4.86. The van der Waals surface area contributed by atoms with E-state index in [4.69, 9.17) is 0 Å². The van der Waals surface area contributed by atoms with Crippen molar-refractivity contribution in [2.75, 3.05) is 26.7 Å². The Morgan fingerprint density at radius 1 is 1.10 bits per heavy atom. The van der Waals surface area contributed by atoms with Crippen molar-refractivity contribution in [2.24, 2.45) is 17.8 Å². The van der Waals surface area contributed by atoms with E-state index in [1.807, 2.05) is 0 Å². The SMILES string of the molecule is CCCC1CCC(NC)C(CN(CC)CC(CC)CC)C1. The molecule has 0 radical (unpaired) electrons. The molecule has 0 bridgehead atoms. The summed E-state index contributed by atoms with van der Waals surface area (Å²) < 4.78 is 0. The molecule has 1 rings (SSSR count). The summed E-state index contributed by atoms with van der Waals surface area (Å²) in [7, 11) is 2.16. The quantitative estimate of drug-likeness (QED) is 0.636. The third kappa shape index (κ3) is 6.28. The summed E-state index contributed by atoms with van der Waals surface area (Å²) in [6, 6.07) is 0.744. The summed E-state index contributed by atoms with van der Waals surface area (Å²) >= 11 is 0. The highest BCUT2D eigenvalue weighted by Gasteiger charge is 2.30. The molecule has 126 valence electrons. The van der Waals surface area contributed by atoms with Crippen molar-refractivity contribution in [1.82, 2.24) is 10.2 Å². The molecule has 2 nitrogen and oxygen atoms in total. The molecule has 3 atom stereocenters. The van der Waals surface area contributed by atoms with Crippen LogP contribution in [-0.2, 0) is 0 Å². The van der Waals surface area contributed by atoms with Gasteiger partial charge in [-0.15, -0.1) is 0 Å². The van der Waals surface area contributed by atoms with Gasteiger partial charge in [-0.3, -0.25) is 0 Å². The molecule has 1 aliphatic rings. The maximum atomic E-state index is 3.60. The molecular formula is C19H40N2. The molecule has 2 heteroatoms. The first-order chi connectivity index (χ1) is 10.2. The second kappa shape index (κ2) is 10.6. The zero-order valence-corrected chi connectivity index (χ0v) is 15.3. The van der Waals surface area contributed by atoms with Crippen LogP contribution < -0.4 is 5.32 Å². The van der Waals surface area contributed by atoms with E-state index in [1.165, 1.54) is 64.6 Å². The summed E-state index contributed by atoms with van der Waals surface area (Å²) in [6.45, 7) is 13.2. The second-order valence-corrected chi connectivity index (χ2v) is 7.16. The van der Waals surface area contributed by atoms with Crippen molar-refractivity contribution < 1.29 is 0 Å². The molecule has 0 saturated heterocycles. The Bertz CT molecular complexity index is 250. The van der Waals surface area contributed by atoms with Gasteiger partial charge in [0.05, 0.1) is 0 Å². The maximum absolute atomic E-state index is 3.60. The van der Waals surface area contributed by atoms with E-state index in [-0.39, 0.29) is 0 Å². The largest absolute Gasteiger partial charge is 0.317 e. The summed E-state index contributed by atoms with van der Waals surface area (Å²) in [5, 5.41) is 3.60. The van der Waals surface area contributed by atoms with E-state index in [2.05, 4.69) is 45.0 Å². The lowest BCUT2D eigenvalue weighted by Gasteiger charge is -2.39. The first kappa shape index (κ1) is 19.0. The van der Waals surface area contributed by atoms with Crippen LogP contribution in [0.1, 0.15) is 72.6 Å². The Balaban J connectivity index is 2.56. The number of nitrogens with zero attached hydrogens (tertiary/aromatic N) is 1. The van der Waals surface area contributed by atoms with Gasteiger partial charge in [0.15, 0.2) is 0 Å². The number of rotatable bonds is 10. The fourth-order valence-corrected chi connectivity index (χ4v) is 4.19. The molecule has 1 saturated carbocycles. The molecule has 1 aliphatic carbocycles. The topological polar surface area (TPSA) is 15.3 Å². The van der Waals surface area contributed by atoms with Crippen molar-refractivity contribution in [1.29, 1.82) is 0 Å². The third-order valence-corrected chi connectivity index (χ3v) is 5.77. The zero-order chi connectivity index (χ0) is 15.7.